The number of carbonyl (C=O) groups is 1. The first-order chi connectivity index (χ1) is 9.51. The molecular formula is C14H20O6. The Morgan fingerprint density at radius 2 is 1.70 bits per heavy atom. The maximum absolute atomic E-state index is 10.5. The number of hydrogen-bond acceptors (Lipinski definition) is 5. The van der Waals surface area contributed by atoms with Gasteiger partial charge in [0.15, 0.2) is 11.5 Å². The zero-order valence-corrected chi connectivity index (χ0v) is 12.1. The minimum absolute atomic E-state index is 0.0611. The summed E-state index contributed by atoms with van der Waals surface area (Å²) in [4.78, 5) is 10.5. The van der Waals surface area contributed by atoms with Crippen LogP contribution in [0.25, 0.3) is 0 Å². The molecule has 0 spiro atoms. The first-order valence-corrected chi connectivity index (χ1v) is 6.20. The smallest absolute Gasteiger partial charge is 0.303 e. The summed E-state index contributed by atoms with van der Waals surface area (Å²) in [6, 6.07) is 3.36. The third kappa shape index (κ3) is 4.22. The number of methoxy groups -OCH3 is 3. The number of benzene rings is 1. The van der Waals surface area contributed by atoms with E-state index < -0.39 is 5.97 Å². The van der Waals surface area contributed by atoms with Crippen LogP contribution in [0, 0.1) is 0 Å². The highest BCUT2D eigenvalue weighted by atomic mass is 16.5. The summed E-state index contributed by atoms with van der Waals surface area (Å²) in [5.41, 5.74) is 0. The largest absolute Gasteiger partial charge is 0.493 e. The molecular weight excluding hydrogens is 264 g/mol. The molecule has 0 aliphatic heterocycles. The summed E-state index contributed by atoms with van der Waals surface area (Å²) in [5, 5.41) is 8.65. The van der Waals surface area contributed by atoms with Crippen molar-refractivity contribution in [3.05, 3.63) is 12.1 Å². The first kappa shape index (κ1) is 15.9. The molecule has 1 aromatic carbocycles. The van der Waals surface area contributed by atoms with Gasteiger partial charge in [-0.05, 0) is 13.3 Å². The van der Waals surface area contributed by atoms with Gasteiger partial charge >= 0.3 is 5.97 Å². The fraction of sp³-hybridized carbons (Fsp3) is 0.500. The third-order valence-electron chi connectivity index (χ3n) is 2.74. The van der Waals surface area contributed by atoms with Crippen molar-refractivity contribution in [2.45, 2.75) is 25.9 Å². The van der Waals surface area contributed by atoms with E-state index in [4.69, 9.17) is 24.1 Å². The van der Waals surface area contributed by atoms with E-state index in [-0.39, 0.29) is 12.5 Å². The molecule has 1 rings (SSSR count). The third-order valence-corrected chi connectivity index (χ3v) is 2.74. The molecule has 0 saturated heterocycles. The molecule has 0 saturated carbocycles. The van der Waals surface area contributed by atoms with Crippen molar-refractivity contribution >= 4 is 5.97 Å². The SMILES string of the molecule is COc1cc(OC(C)CCC(=O)O)cc(OC)c1OC. The molecule has 112 valence electrons. The summed E-state index contributed by atoms with van der Waals surface area (Å²) >= 11 is 0. The minimum atomic E-state index is -0.842. The highest BCUT2D eigenvalue weighted by Gasteiger charge is 2.15. The second-order valence-corrected chi connectivity index (χ2v) is 4.22. The number of hydrogen-bond donors (Lipinski definition) is 1. The van der Waals surface area contributed by atoms with Crippen molar-refractivity contribution in [3.63, 3.8) is 0 Å². The second-order valence-electron chi connectivity index (χ2n) is 4.22. The number of ether oxygens (including phenoxy) is 4. The maximum atomic E-state index is 10.5. The van der Waals surface area contributed by atoms with Crippen LogP contribution < -0.4 is 18.9 Å². The summed E-state index contributed by atoms with van der Waals surface area (Å²) in [6.45, 7) is 1.81. The Balaban J connectivity index is 2.87. The molecule has 0 bridgehead atoms. The van der Waals surface area contributed by atoms with Crippen molar-refractivity contribution in [3.8, 4) is 23.0 Å². The van der Waals surface area contributed by atoms with E-state index >= 15 is 0 Å². The Labute approximate surface area is 118 Å². The van der Waals surface area contributed by atoms with Crippen LogP contribution >= 0.6 is 0 Å². The van der Waals surface area contributed by atoms with Crippen LogP contribution in [0.3, 0.4) is 0 Å². The van der Waals surface area contributed by atoms with Crippen LogP contribution in [0.1, 0.15) is 19.8 Å². The van der Waals surface area contributed by atoms with Gasteiger partial charge in [0.05, 0.1) is 27.4 Å². The van der Waals surface area contributed by atoms with Gasteiger partial charge in [-0.1, -0.05) is 0 Å². The molecule has 6 heteroatoms. The van der Waals surface area contributed by atoms with Crippen LogP contribution in [0.2, 0.25) is 0 Å². The zero-order chi connectivity index (χ0) is 15.1. The van der Waals surface area contributed by atoms with Gasteiger partial charge in [-0.2, -0.15) is 0 Å². The summed E-state index contributed by atoms with van der Waals surface area (Å²) in [6.07, 6.45) is 0.256. The highest BCUT2D eigenvalue weighted by Crippen LogP contribution is 2.41. The summed E-state index contributed by atoms with van der Waals surface area (Å²) in [5.74, 6) is 1.17. The van der Waals surface area contributed by atoms with Gasteiger partial charge in [-0.15, -0.1) is 0 Å². The van der Waals surface area contributed by atoms with E-state index in [0.29, 0.717) is 29.4 Å². The maximum Gasteiger partial charge on any atom is 0.303 e. The molecule has 0 fully saturated rings. The molecule has 1 unspecified atom stereocenters. The lowest BCUT2D eigenvalue weighted by atomic mass is 10.2. The molecule has 6 nitrogen and oxygen atoms in total. The Bertz CT molecular complexity index is 432. The van der Waals surface area contributed by atoms with Crippen LogP contribution in [0.4, 0.5) is 0 Å². The summed E-state index contributed by atoms with van der Waals surface area (Å²) < 4.78 is 21.3. The Morgan fingerprint density at radius 1 is 1.15 bits per heavy atom. The topological polar surface area (TPSA) is 74.2 Å². The van der Waals surface area contributed by atoms with Crippen molar-refractivity contribution < 1.29 is 28.8 Å². The van der Waals surface area contributed by atoms with E-state index in [1.165, 1.54) is 21.3 Å². The lowest BCUT2D eigenvalue weighted by Gasteiger charge is -2.17. The molecule has 0 aliphatic carbocycles. The predicted molar refractivity (Wildman–Crippen MR) is 73.1 cm³/mol. The highest BCUT2D eigenvalue weighted by molar-refractivity contribution is 5.66. The van der Waals surface area contributed by atoms with Gasteiger partial charge in [-0.3, -0.25) is 4.79 Å². The van der Waals surface area contributed by atoms with Crippen LogP contribution in [0.15, 0.2) is 12.1 Å². The molecule has 0 radical (unpaired) electrons. The Morgan fingerprint density at radius 3 is 2.10 bits per heavy atom. The Hall–Kier alpha value is -2.11. The molecule has 0 aliphatic rings. The lowest BCUT2D eigenvalue weighted by Crippen LogP contribution is -2.14. The molecule has 0 heterocycles. The molecule has 0 amide bonds. The number of carboxylic acid groups (broad SMARTS) is 1. The van der Waals surface area contributed by atoms with E-state index in [1.54, 1.807) is 12.1 Å². The van der Waals surface area contributed by atoms with Gasteiger partial charge in [0.1, 0.15) is 5.75 Å². The first-order valence-electron chi connectivity index (χ1n) is 6.20. The minimum Gasteiger partial charge on any atom is -0.493 e. The average molecular weight is 284 g/mol. The van der Waals surface area contributed by atoms with Gasteiger partial charge in [0, 0.05) is 18.6 Å². The number of carboxylic acids is 1. The normalized spacial score (nSPS) is 11.6. The van der Waals surface area contributed by atoms with E-state index in [9.17, 15) is 4.79 Å². The van der Waals surface area contributed by atoms with Crippen molar-refractivity contribution in [2.75, 3.05) is 21.3 Å². The summed E-state index contributed by atoms with van der Waals surface area (Å²) in [7, 11) is 4.57. The number of aliphatic carboxylic acids is 1. The van der Waals surface area contributed by atoms with Gasteiger partial charge in [0.2, 0.25) is 5.75 Å². The molecule has 1 atom stereocenters. The zero-order valence-electron chi connectivity index (χ0n) is 12.1. The second kappa shape index (κ2) is 7.47. The molecule has 20 heavy (non-hydrogen) atoms. The van der Waals surface area contributed by atoms with Crippen LogP contribution in [0.5, 0.6) is 23.0 Å². The standard InChI is InChI=1S/C14H20O6/c1-9(5-6-13(15)16)20-10-7-11(17-2)14(19-4)12(8-10)18-3/h7-9H,5-6H2,1-4H3,(H,15,16). The monoisotopic (exact) mass is 284 g/mol. The predicted octanol–water partition coefficient (Wildman–Crippen LogP) is 2.34. The van der Waals surface area contributed by atoms with Crippen molar-refractivity contribution in [1.29, 1.82) is 0 Å². The van der Waals surface area contributed by atoms with Crippen molar-refractivity contribution in [1.82, 2.24) is 0 Å². The van der Waals surface area contributed by atoms with Gasteiger partial charge < -0.3 is 24.1 Å². The van der Waals surface area contributed by atoms with E-state index in [1.807, 2.05) is 6.92 Å². The van der Waals surface area contributed by atoms with Crippen LogP contribution in [-0.4, -0.2) is 38.5 Å². The van der Waals surface area contributed by atoms with Crippen LogP contribution in [-0.2, 0) is 4.79 Å². The lowest BCUT2D eigenvalue weighted by molar-refractivity contribution is -0.137. The Kier molecular flexibility index (Phi) is 5.96. The van der Waals surface area contributed by atoms with E-state index in [0.717, 1.165) is 0 Å². The number of rotatable bonds is 8. The van der Waals surface area contributed by atoms with E-state index in [2.05, 4.69) is 0 Å². The quantitative estimate of drug-likeness (QED) is 0.789. The van der Waals surface area contributed by atoms with Gasteiger partial charge in [0.25, 0.3) is 0 Å². The fourth-order valence-electron chi connectivity index (χ4n) is 1.74. The molecule has 1 aromatic rings. The fourth-order valence-corrected chi connectivity index (χ4v) is 1.74. The average Bonchev–Trinajstić information content (AvgIpc) is 2.43. The molecule has 1 N–H and O–H groups in total. The molecule has 0 aromatic heterocycles. The van der Waals surface area contributed by atoms with Gasteiger partial charge in [-0.25, -0.2) is 0 Å². The van der Waals surface area contributed by atoms with Crippen molar-refractivity contribution in [2.24, 2.45) is 0 Å².